The van der Waals surface area contributed by atoms with E-state index in [1.165, 1.54) is 0 Å². The molecule has 0 atom stereocenters. The predicted molar refractivity (Wildman–Crippen MR) is 134 cm³/mol. The average Bonchev–Trinajstić information content (AvgIpc) is 3.47. The standard InChI is InChI=1S/C18H16O3P.C5H5.2CO.F6P.Fe/c1-4-10-16(11-5-1)19-22(20-17-12-6-2-7-13-17)21-18-14-8-3-9-15-18;1-2-4-5-3-1;2*1-2;1-7(2,3,4,5)6;/h1-15,22H;1-5H;;;;/q+1;;;;-1;. The summed E-state index contributed by atoms with van der Waals surface area (Å²) in [6.45, 7) is 9.00. The zero-order valence-corrected chi connectivity index (χ0v) is 22.7. The molecule has 0 unspecified atom stereocenters. The number of halogens is 6. The van der Waals surface area contributed by atoms with Crippen LogP contribution in [0.2, 0.25) is 0 Å². The van der Waals surface area contributed by atoms with Gasteiger partial charge < -0.3 is 0 Å². The third-order valence-electron chi connectivity index (χ3n) is 3.39. The Morgan fingerprint density at radius 1 is 0.487 bits per heavy atom. The van der Waals surface area contributed by atoms with Crippen molar-refractivity contribution in [1.29, 1.82) is 0 Å². The molecule has 4 rings (SSSR count). The molecular weight excluding hydrogens is 612 g/mol. The number of rotatable bonds is 6. The van der Waals surface area contributed by atoms with Gasteiger partial charge in [0.15, 0.2) is 17.2 Å². The predicted octanol–water partition coefficient (Wildman–Crippen LogP) is 9.80. The van der Waals surface area contributed by atoms with Gasteiger partial charge in [-0.05, 0) is 36.4 Å². The Hall–Kier alpha value is -3.02. The molecule has 0 saturated heterocycles. The van der Waals surface area contributed by atoms with E-state index in [0.717, 1.165) is 17.2 Å². The van der Waals surface area contributed by atoms with Gasteiger partial charge in [-0.25, -0.2) is 0 Å². The molecule has 3 aromatic rings. The van der Waals surface area contributed by atoms with Gasteiger partial charge in [-0.1, -0.05) is 78.9 Å². The van der Waals surface area contributed by atoms with Gasteiger partial charge in [-0.3, -0.25) is 13.6 Å². The average molecular weight is 633 g/mol. The minimum atomic E-state index is -10.7. The Morgan fingerprint density at radius 2 is 0.718 bits per heavy atom. The fourth-order valence-corrected chi connectivity index (χ4v) is 3.25. The van der Waals surface area contributed by atoms with E-state index in [2.05, 4.69) is 13.3 Å². The molecule has 211 valence electrons. The van der Waals surface area contributed by atoms with Gasteiger partial charge in [0.1, 0.15) is 0 Å². The molecule has 3 aromatic carbocycles. The van der Waals surface area contributed by atoms with Gasteiger partial charge in [0.05, 0.1) is 0 Å². The minimum absolute atomic E-state index is 0. The van der Waals surface area contributed by atoms with Crippen molar-refractivity contribution in [2.24, 2.45) is 0 Å². The molecule has 0 N–H and O–H groups in total. The molecule has 0 aromatic heterocycles. The molecule has 14 heteroatoms. The van der Waals surface area contributed by atoms with Gasteiger partial charge >= 0.3 is 64.2 Å². The number of hydrogen-bond acceptors (Lipinski definition) is 3. The van der Waals surface area contributed by atoms with Crippen LogP contribution in [0, 0.1) is 19.7 Å². The molecule has 0 amide bonds. The van der Waals surface area contributed by atoms with Crippen LogP contribution >= 0.6 is 16.4 Å². The minimum Gasteiger partial charge on any atom is -0.273 e. The molecular formula is C25H21F6FeO5P2. The molecule has 0 heterocycles. The fourth-order valence-electron chi connectivity index (χ4n) is 2.14. The maximum atomic E-state index is 9.87. The number of allylic oxidation sites excluding steroid dienone is 4. The quantitative estimate of drug-likeness (QED) is 0.0893. The van der Waals surface area contributed by atoms with Crippen molar-refractivity contribution in [3.8, 4) is 17.2 Å². The Balaban J connectivity index is 0. The summed E-state index contributed by atoms with van der Waals surface area (Å²) in [5.41, 5.74) is 0. The summed E-state index contributed by atoms with van der Waals surface area (Å²) in [5.74, 6) is 2.18. The van der Waals surface area contributed by atoms with Crippen molar-refractivity contribution in [1.82, 2.24) is 0 Å². The summed E-state index contributed by atoms with van der Waals surface area (Å²) in [7, 11) is -12.7. The summed E-state index contributed by atoms with van der Waals surface area (Å²) in [5, 5.41) is 0. The van der Waals surface area contributed by atoms with Gasteiger partial charge in [-0.2, -0.15) is 0 Å². The zero-order chi connectivity index (χ0) is 29.0. The smallest absolute Gasteiger partial charge is 0.273 e. The van der Waals surface area contributed by atoms with Gasteiger partial charge in [0.2, 0.25) is 0 Å². The van der Waals surface area contributed by atoms with Gasteiger partial charge in [-0.15, -0.1) is 0 Å². The van der Waals surface area contributed by atoms with Crippen LogP contribution in [0.5, 0.6) is 17.2 Å². The molecule has 0 saturated carbocycles. The topological polar surface area (TPSA) is 67.5 Å². The molecule has 0 bridgehead atoms. The summed E-state index contributed by atoms with van der Waals surface area (Å²) < 4.78 is 91.8. The third-order valence-corrected chi connectivity index (χ3v) is 4.60. The van der Waals surface area contributed by atoms with Crippen LogP contribution in [0.1, 0.15) is 0 Å². The summed E-state index contributed by atoms with van der Waals surface area (Å²) >= 11 is 0. The van der Waals surface area contributed by atoms with Crippen LogP contribution in [0.3, 0.4) is 0 Å². The first-order valence-corrected chi connectivity index (χ1v) is 13.3. The van der Waals surface area contributed by atoms with E-state index in [0.29, 0.717) is 0 Å². The first-order chi connectivity index (χ1) is 17.8. The second-order valence-electron chi connectivity index (χ2n) is 6.42. The Kier molecular flexibility index (Phi) is 17.9. The van der Waals surface area contributed by atoms with E-state index in [9.17, 15) is 25.2 Å². The van der Waals surface area contributed by atoms with Gasteiger partial charge in [0.25, 0.3) is 0 Å². The molecule has 0 spiro atoms. The third kappa shape index (κ3) is 26.4. The first kappa shape index (κ1) is 38.1. The second-order valence-corrected chi connectivity index (χ2v) is 9.44. The largest absolute Gasteiger partial charge is 0.528 e. The number of hydrogen-bond donors (Lipinski definition) is 0. The van der Waals surface area contributed by atoms with Crippen LogP contribution in [-0.2, 0) is 26.4 Å². The molecule has 5 nitrogen and oxygen atoms in total. The second kappa shape index (κ2) is 18.3. The van der Waals surface area contributed by atoms with E-state index < -0.39 is 16.4 Å². The molecule has 1 aliphatic carbocycles. The van der Waals surface area contributed by atoms with Crippen LogP contribution in [0.25, 0.3) is 0 Å². The molecule has 1 radical (unpaired) electrons. The normalized spacial score (nSPS) is 12.3. The van der Waals surface area contributed by atoms with Crippen LogP contribution in [0.15, 0.2) is 115 Å². The van der Waals surface area contributed by atoms with Crippen molar-refractivity contribution in [3.05, 3.63) is 135 Å². The monoisotopic (exact) mass is 633 g/mol. The Labute approximate surface area is 233 Å². The van der Waals surface area contributed by atoms with E-state index in [-0.39, 0.29) is 17.1 Å². The molecule has 0 aliphatic heterocycles. The molecule has 1 aliphatic rings. The van der Waals surface area contributed by atoms with Crippen LogP contribution in [-0.4, -0.2) is 0 Å². The van der Waals surface area contributed by atoms with E-state index in [1.807, 2.05) is 122 Å². The number of para-hydroxylation sites is 3. The zero-order valence-electron chi connectivity index (χ0n) is 19.7. The van der Waals surface area contributed by atoms with E-state index in [1.54, 1.807) is 0 Å². The summed E-state index contributed by atoms with van der Waals surface area (Å²) in [4.78, 5) is 0. The molecule has 0 fully saturated rings. The summed E-state index contributed by atoms with van der Waals surface area (Å²) in [6, 6.07) is 28.6. The van der Waals surface area contributed by atoms with Gasteiger partial charge in [0, 0.05) is 23.5 Å². The number of benzene rings is 3. The van der Waals surface area contributed by atoms with Crippen LogP contribution < -0.4 is 13.6 Å². The Morgan fingerprint density at radius 3 is 0.897 bits per heavy atom. The first-order valence-electron chi connectivity index (χ1n) is 10.0. The van der Waals surface area contributed by atoms with Crippen molar-refractivity contribution in [3.63, 3.8) is 0 Å². The van der Waals surface area contributed by atoms with Crippen molar-refractivity contribution in [2.75, 3.05) is 0 Å². The fraction of sp³-hybridized carbons (Fsp3) is 0. The van der Waals surface area contributed by atoms with Crippen LogP contribution in [0.4, 0.5) is 25.2 Å². The van der Waals surface area contributed by atoms with E-state index in [4.69, 9.17) is 22.9 Å². The Bertz CT molecular complexity index is 1020. The van der Waals surface area contributed by atoms with Crippen molar-refractivity contribution >= 4 is 16.4 Å². The van der Waals surface area contributed by atoms with Crippen molar-refractivity contribution < 1.29 is 65.1 Å². The molecule has 39 heavy (non-hydrogen) atoms. The van der Waals surface area contributed by atoms with Crippen molar-refractivity contribution in [2.45, 2.75) is 0 Å². The maximum Gasteiger partial charge on any atom is 0.528 e. The SMILES string of the molecule is F[P-](F)(F)(F)(F)F.[C-]#[O+].[C-]#[O+].[CH]1C=CC=C1.[Fe].c1ccc(O[PH+](Oc2ccccc2)Oc2ccccc2)cc1. The maximum absolute atomic E-state index is 10.7. The van der Waals surface area contributed by atoms with E-state index >= 15 is 0 Å². The summed E-state index contributed by atoms with van der Waals surface area (Å²) in [6.07, 6.45) is 10.0.